The summed E-state index contributed by atoms with van der Waals surface area (Å²) in [4.78, 5) is 32.1. The summed E-state index contributed by atoms with van der Waals surface area (Å²) in [5, 5.41) is 3.89. The Morgan fingerprint density at radius 3 is 2.64 bits per heavy atom. The average Bonchev–Trinajstić information content (AvgIpc) is 3.44. The SMILES string of the molecule is CCOc1ccc(N2CC(C(=O)Nc3ccccc3-c3nc4ccccc4s3)CC2=O)cc1. The summed E-state index contributed by atoms with van der Waals surface area (Å²) in [6.07, 6.45) is 0.183. The second kappa shape index (κ2) is 9.03. The molecule has 2 heterocycles. The largest absolute Gasteiger partial charge is 0.494 e. The van der Waals surface area contributed by atoms with Gasteiger partial charge >= 0.3 is 0 Å². The van der Waals surface area contributed by atoms with Crippen LogP contribution in [0.3, 0.4) is 0 Å². The van der Waals surface area contributed by atoms with Gasteiger partial charge in [-0.2, -0.15) is 0 Å². The predicted octanol–water partition coefficient (Wildman–Crippen LogP) is 5.35. The number of nitrogens with one attached hydrogen (secondary N) is 1. The highest BCUT2D eigenvalue weighted by atomic mass is 32.1. The minimum absolute atomic E-state index is 0.0567. The van der Waals surface area contributed by atoms with Crippen molar-refractivity contribution >= 4 is 44.7 Å². The highest BCUT2D eigenvalue weighted by Crippen LogP contribution is 2.35. The van der Waals surface area contributed by atoms with Gasteiger partial charge in [0.1, 0.15) is 10.8 Å². The van der Waals surface area contributed by atoms with Crippen LogP contribution in [0.5, 0.6) is 5.75 Å². The van der Waals surface area contributed by atoms with E-state index in [0.717, 1.165) is 32.2 Å². The third kappa shape index (κ3) is 4.32. The molecule has 0 bridgehead atoms. The Kier molecular flexibility index (Phi) is 5.79. The molecule has 4 aromatic rings. The molecule has 166 valence electrons. The lowest BCUT2D eigenvalue weighted by molar-refractivity contribution is -0.122. The second-order valence-corrected chi connectivity index (χ2v) is 8.88. The van der Waals surface area contributed by atoms with Crippen molar-refractivity contribution in [3.05, 3.63) is 72.8 Å². The molecule has 1 aromatic heterocycles. The third-order valence-electron chi connectivity index (χ3n) is 5.66. The van der Waals surface area contributed by atoms with E-state index in [9.17, 15) is 9.59 Å². The molecule has 1 saturated heterocycles. The van der Waals surface area contributed by atoms with E-state index in [2.05, 4.69) is 5.32 Å². The number of anilines is 2. The van der Waals surface area contributed by atoms with Crippen molar-refractivity contribution < 1.29 is 14.3 Å². The Morgan fingerprint density at radius 1 is 1.09 bits per heavy atom. The molecule has 5 rings (SSSR count). The van der Waals surface area contributed by atoms with Crippen LogP contribution in [0.1, 0.15) is 13.3 Å². The standard InChI is InChI=1S/C26H23N3O3S/c1-2-32-19-13-11-18(12-14-19)29-16-17(15-24(29)30)25(31)27-21-8-4-3-7-20(21)26-28-22-9-5-6-10-23(22)33-26/h3-14,17H,2,15-16H2,1H3,(H,27,31). The fourth-order valence-corrected chi connectivity index (χ4v) is 5.03. The minimum atomic E-state index is -0.424. The normalized spacial score (nSPS) is 15.7. The topological polar surface area (TPSA) is 71.5 Å². The van der Waals surface area contributed by atoms with Crippen LogP contribution in [-0.2, 0) is 9.59 Å². The number of hydrogen-bond acceptors (Lipinski definition) is 5. The van der Waals surface area contributed by atoms with E-state index in [4.69, 9.17) is 9.72 Å². The van der Waals surface area contributed by atoms with E-state index in [1.165, 1.54) is 0 Å². The van der Waals surface area contributed by atoms with Gasteiger partial charge in [-0.25, -0.2) is 4.98 Å². The highest BCUT2D eigenvalue weighted by molar-refractivity contribution is 7.21. The van der Waals surface area contributed by atoms with Gasteiger partial charge in [0, 0.05) is 24.2 Å². The summed E-state index contributed by atoms with van der Waals surface area (Å²) in [5.74, 6) is 0.116. The van der Waals surface area contributed by atoms with Crippen LogP contribution in [0.25, 0.3) is 20.8 Å². The van der Waals surface area contributed by atoms with Gasteiger partial charge in [0.05, 0.1) is 28.4 Å². The van der Waals surface area contributed by atoms with Crippen molar-refractivity contribution in [2.75, 3.05) is 23.4 Å². The number of para-hydroxylation sites is 2. The van der Waals surface area contributed by atoms with E-state index >= 15 is 0 Å². The number of benzene rings is 3. The van der Waals surface area contributed by atoms with Crippen LogP contribution in [-0.4, -0.2) is 29.9 Å². The van der Waals surface area contributed by atoms with Crippen molar-refractivity contribution in [3.8, 4) is 16.3 Å². The number of ether oxygens (including phenoxy) is 1. The molecule has 1 N–H and O–H groups in total. The van der Waals surface area contributed by atoms with Crippen molar-refractivity contribution in [1.29, 1.82) is 0 Å². The number of thiazole rings is 1. The van der Waals surface area contributed by atoms with Gasteiger partial charge in [-0.05, 0) is 55.5 Å². The van der Waals surface area contributed by atoms with Gasteiger partial charge in [-0.3, -0.25) is 9.59 Å². The molecule has 2 amide bonds. The Morgan fingerprint density at radius 2 is 1.85 bits per heavy atom. The Bertz CT molecular complexity index is 1280. The zero-order valence-electron chi connectivity index (χ0n) is 18.2. The van der Waals surface area contributed by atoms with Crippen molar-refractivity contribution in [3.63, 3.8) is 0 Å². The molecule has 7 heteroatoms. The summed E-state index contributed by atoms with van der Waals surface area (Å²) in [5.41, 5.74) is 3.29. The molecule has 0 spiro atoms. The zero-order valence-corrected chi connectivity index (χ0v) is 19.0. The number of carbonyl (C=O) groups excluding carboxylic acids is 2. The number of carbonyl (C=O) groups is 2. The van der Waals surface area contributed by atoms with Gasteiger partial charge in [-0.1, -0.05) is 24.3 Å². The van der Waals surface area contributed by atoms with Crippen LogP contribution < -0.4 is 15.0 Å². The molecule has 33 heavy (non-hydrogen) atoms. The minimum Gasteiger partial charge on any atom is -0.494 e. The first-order chi connectivity index (χ1) is 16.1. The summed E-state index contributed by atoms with van der Waals surface area (Å²) in [7, 11) is 0. The molecule has 1 atom stereocenters. The molecular weight excluding hydrogens is 434 g/mol. The quantitative estimate of drug-likeness (QED) is 0.423. The third-order valence-corrected chi connectivity index (χ3v) is 6.73. The Balaban J connectivity index is 1.33. The monoisotopic (exact) mass is 457 g/mol. The average molecular weight is 458 g/mol. The second-order valence-electron chi connectivity index (χ2n) is 7.85. The van der Waals surface area contributed by atoms with Crippen LogP contribution in [0.2, 0.25) is 0 Å². The van der Waals surface area contributed by atoms with E-state index in [0.29, 0.717) is 18.8 Å². The number of fused-ring (bicyclic) bond motifs is 1. The van der Waals surface area contributed by atoms with Gasteiger partial charge in [0.15, 0.2) is 0 Å². The summed E-state index contributed by atoms with van der Waals surface area (Å²) in [6, 6.07) is 23.0. The molecule has 1 unspecified atom stereocenters. The van der Waals surface area contributed by atoms with E-state index in [-0.39, 0.29) is 18.2 Å². The molecule has 1 fully saturated rings. The van der Waals surface area contributed by atoms with Crippen molar-refractivity contribution in [2.24, 2.45) is 5.92 Å². The molecule has 0 aliphatic carbocycles. The number of hydrogen-bond donors (Lipinski definition) is 1. The van der Waals surface area contributed by atoms with E-state index in [1.54, 1.807) is 16.2 Å². The lowest BCUT2D eigenvalue weighted by Crippen LogP contribution is -2.28. The summed E-state index contributed by atoms with van der Waals surface area (Å²) in [6.45, 7) is 2.86. The van der Waals surface area contributed by atoms with E-state index in [1.807, 2.05) is 79.7 Å². The summed E-state index contributed by atoms with van der Waals surface area (Å²) >= 11 is 1.59. The number of amides is 2. The lowest BCUT2D eigenvalue weighted by atomic mass is 10.1. The van der Waals surface area contributed by atoms with Crippen molar-refractivity contribution in [1.82, 2.24) is 4.98 Å². The molecule has 1 aliphatic rings. The number of aromatic nitrogens is 1. The van der Waals surface area contributed by atoms with Gasteiger partial charge in [0.25, 0.3) is 0 Å². The van der Waals surface area contributed by atoms with Crippen LogP contribution in [0.15, 0.2) is 72.8 Å². The number of nitrogens with zero attached hydrogens (tertiary/aromatic N) is 2. The molecule has 0 radical (unpaired) electrons. The fraction of sp³-hybridized carbons (Fsp3) is 0.192. The molecule has 1 aliphatic heterocycles. The molecule has 3 aromatic carbocycles. The van der Waals surface area contributed by atoms with Crippen LogP contribution in [0.4, 0.5) is 11.4 Å². The van der Waals surface area contributed by atoms with E-state index < -0.39 is 5.92 Å². The molecule has 0 saturated carbocycles. The Labute approximate surface area is 195 Å². The zero-order chi connectivity index (χ0) is 22.8. The smallest absolute Gasteiger partial charge is 0.229 e. The van der Waals surface area contributed by atoms with Crippen LogP contribution >= 0.6 is 11.3 Å². The fourth-order valence-electron chi connectivity index (χ4n) is 4.02. The first-order valence-corrected chi connectivity index (χ1v) is 11.7. The Hall–Kier alpha value is -3.71. The molecule has 6 nitrogen and oxygen atoms in total. The maximum Gasteiger partial charge on any atom is 0.229 e. The van der Waals surface area contributed by atoms with Gasteiger partial charge < -0.3 is 15.0 Å². The maximum absolute atomic E-state index is 13.1. The first kappa shape index (κ1) is 21.2. The highest BCUT2D eigenvalue weighted by Gasteiger charge is 2.35. The van der Waals surface area contributed by atoms with Crippen molar-refractivity contribution in [2.45, 2.75) is 13.3 Å². The maximum atomic E-state index is 13.1. The molecular formula is C26H23N3O3S. The van der Waals surface area contributed by atoms with Gasteiger partial charge in [-0.15, -0.1) is 11.3 Å². The number of rotatable bonds is 6. The first-order valence-electron chi connectivity index (χ1n) is 10.9. The van der Waals surface area contributed by atoms with Gasteiger partial charge in [0.2, 0.25) is 11.8 Å². The summed E-state index contributed by atoms with van der Waals surface area (Å²) < 4.78 is 6.57. The van der Waals surface area contributed by atoms with Crippen LogP contribution in [0, 0.1) is 5.92 Å². The lowest BCUT2D eigenvalue weighted by Gasteiger charge is -2.17. The predicted molar refractivity (Wildman–Crippen MR) is 132 cm³/mol.